The Labute approximate surface area is 171 Å². The molecule has 0 aliphatic carbocycles. The molecule has 1 amide bonds. The Bertz CT molecular complexity index is 1160. The molecule has 4 rings (SSSR count). The number of carbonyl (C=O) groups is 1. The van der Waals surface area contributed by atoms with Gasteiger partial charge >= 0.3 is 0 Å². The number of pyridine rings is 1. The van der Waals surface area contributed by atoms with Gasteiger partial charge in [-0.1, -0.05) is 52.3 Å². The first-order chi connectivity index (χ1) is 13.6. The zero-order valence-electron chi connectivity index (χ0n) is 15.1. The highest BCUT2D eigenvalue weighted by Crippen LogP contribution is 2.27. The molecule has 4 aromatic rings. The number of hydrogen-bond acceptors (Lipinski definition) is 3. The predicted molar refractivity (Wildman–Crippen MR) is 116 cm³/mol. The zero-order chi connectivity index (χ0) is 19.5. The van der Waals surface area contributed by atoms with E-state index in [-0.39, 0.29) is 5.91 Å². The van der Waals surface area contributed by atoms with Crippen molar-refractivity contribution in [1.29, 1.82) is 0 Å². The second kappa shape index (κ2) is 7.82. The van der Waals surface area contributed by atoms with Gasteiger partial charge in [0.15, 0.2) is 0 Å². The lowest BCUT2D eigenvalue weighted by Crippen LogP contribution is -2.13. The minimum absolute atomic E-state index is 0.190. The van der Waals surface area contributed by atoms with E-state index in [9.17, 15) is 4.79 Å². The van der Waals surface area contributed by atoms with E-state index >= 15 is 0 Å². The molecule has 5 heteroatoms. The van der Waals surface area contributed by atoms with Gasteiger partial charge in [0.2, 0.25) is 0 Å². The number of anilines is 1. The number of hydrogen-bond donors (Lipinski definition) is 1. The summed E-state index contributed by atoms with van der Waals surface area (Å²) in [5, 5.41) is 3.77. The standard InChI is InChI=1S/C23H17BrN2O2/c1-28-18-6-4-5-17(13-18)25-23(27)20-14-22(15-9-11-16(24)12-10-15)26-21-8-3-2-7-19(20)21/h2-14H,1H3,(H,25,27). The molecule has 28 heavy (non-hydrogen) atoms. The number of fused-ring (bicyclic) bond motifs is 1. The summed E-state index contributed by atoms with van der Waals surface area (Å²) < 4.78 is 6.23. The number of amides is 1. The molecule has 1 aromatic heterocycles. The maximum atomic E-state index is 13.1. The maximum Gasteiger partial charge on any atom is 0.256 e. The van der Waals surface area contributed by atoms with Crippen molar-refractivity contribution in [3.8, 4) is 17.0 Å². The Morgan fingerprint density at radius 1 is 0.964 bits per heavy atom. The highest BCUT2D eigenvalue weighted by atomic mass is 79.9. The molecular weight excluding hydrogens is 416 g/mol. The third-order valence-corrected chi connectivity index (χ3v) is 4.96. The minimum Gasteiger partial charge on any atom is -0.497 e. The van der Waals surface area contributed by atoms with Gasteiger partial charge in [-0.05, 0) is 36.4 Å². The van der Waals surface area contributed by atoms with E-state index in [2.05, 4.69) is 21.2 Å². The molecule has 138 valence electrons. The smallest absolute Gasteiger partial charge is 0.256 e. The van der Waals surface area contributed by atoms with Gasteiger partial charge in [-0.2, -0.15) is 0 Å². The number of para-hydroxylation sites is 1. The molecule has 4 nitrogen and oxygen atoms in total. The van der Waals surface area contributed by atoms with Crippen LogP contribution < -0.4 is 10.1 Å². The molecule has 0 saturated heterocycles. The van der Waals surface area contributed by atoms with Gasteiger partial charge in [0.25, 0.3) is 5.91 Å². The number of rotatable bonds is 4. The number of aromatic nitrogens is 1. The van der Waals surface area contributed by atoms with Crippen molar-refractivity contribution in [3.63, 3.8) is 0 Å². The van der Waals surface area contributed by atoms with Crippen LogP contribution in [0.3, 0.4) is 0 Å². The highest BCUT2D eigenvalue weighted by molar-refractivity contribution is 9.10. The normalized spacial score (nSPS) is 10.6. The number of ether oxygens (including phenoxy) is 1. The van der Waals surface area contributed by atoms with E-state index < -0.39 is 0 Å². The summed E-state index contributed by atoms with van der Waals surface area (Å²) in [7, 11) is 1.60. The fourth-order valence-corrected chi connectivity index (χ4v) is 3.30. The zero-order valence-corrected chi connectivity index (χ0v) is 16.7. The molecule has 0 atom stereocenters. The van der Waals surface area contributed by atoms with Gasteiger partial charge in [-0.15, -0.1) is 0 Å². The van der Waals surface area contributed by atoms with Gasteiger partial charge in [0.05, 0.1) is 23.9 Å². The number of benzene rings is 3. The van der Waals surface area contributed by atoms with Gasteiger partial charge in [0.1, 0.15) is 5.75 Å². The highest BCUT2D eigenvalue weighted by Gasteiger charge is 2.14. The first-order valence-electron chi connectivity index (χ1n) is 8.75. The van der Waals surface area contributed by atoms with E-state index in [1.807, 2.05) is 72.8 Å². The molecule has 1 heterocycles. The first kappa shape index (κ1) is 18.2. The Morgan fingerprint density at radius 2 is 1.75 bits per heavy atom. The quantitative estimate of drug-likeness (QED) is 0.434. The molecule has 0 aliphatic heterocycles. The number of methoxy groups -OCH3 is 1. The van der Waals surface area contributed by atoms with Crippen molar-refractivity contribution in [3.05, 3.63) is 88.9 Å². The molecular formula is C23H17BrN2O2. The van der Waals surface area contributed by atoms with Crippen LogP contribution in [0.1, 0.15) is 10.4 Å². The second-order valence-corrected chi connectivity index (χ2v) is 7.18. The summed E-state index contributed by atoms with van der Waals surface area (Å²) in [5.74, 6) is 0.498. The molecule has 0 fully saturated rings. The summed E-state index contributed by atoms with van der Waals surface area (Å²) in [6.07, 6.45) is 0. The van der Waals surface area contributed by atoms with Crippen LogP contribution in [-0.4, -0.2) is 18.0 Å². The van der Waals surface area contributed by atoms with Crippen molar-refractivity contribution in [2.24, 2.45) is 0 Å². The summed E-state index contributed by atoms with van der Waals surface area (Å²) >= 11 is 3.45. The first-order valence-corrected chi connectivity index (χ1v) is 9.54. The molecule has 0 saturated carbocycles. The molecule has 3 aromatic carbocycles. The van der Waals surface area contributed by atoms with Gasteiger partial charge in [-0.3, -0.25) is 4.79 Å². The lowest BCUT2D eigenvalue weighted by atomic mass is 10.0. The van der Waals surface area contributed by atoms with Crippen LogP contribution in [0, 0.1) is 0 Å². The van der Waals surface area contributed by atoms with E-state index in [1.165, 1.54) is 0 Å². The van der Waals surface area contributed by atoms with E-state index in [1.54, 1.807) is 13.2 Å². The third kappa shape index (κ3) is 3.75. The fraction of sp³-hybridized carbons (Fsp3) is 0.0435. The molecule has 0 unspecified atom stereocenters. The molecule has 1 N–H and O–H groups in total. The molecule has 0 spiro atoms. The molecule has 0 radical (unpaired) electrons. The monoisotopic (exact) mass is 432 g/mol. The number of nitrogens with one attached hydrogen (secondary N) is 1. The van der Waals surface area contributed by atoms with Crippen LogP contribution in [-0.2, 0) is 0 Å². The Morgan fingerprint density at radius 3 is 2.54 bits per heavy atom. The van der Waals surface area contributed by atoms with Crippen molar-refractivity contribution < 1.29 is 9.53 Å². The molecule has 0 bridgehead atoms. The summed E-state index contributed by atoms with van der Waals surface area (Å²) in [4.78, 5) is 17.8. The summed E-state index contributed by atoms with van der Waals surface area (Å²) in [6, 6.07) is 24.7. The van der Waals surface area contributed by atoms with E-state index in [0.29, 0.717) is 17.0 Å². The van der Waals surface area contributed by atoms with Crippen LogP contribution >= 0.6 is 15.9 Å². The lowest BCUT2D eigenvalue weighted by molar-refractivity contribution is 0.102. The Kier molecular flexibility index (Phi) is 5.08. The maximum absolute atomic E-state index is 13.1. The average molecular weight is 433 g/mol. The van der Waals surface area contributed by atoms with Crippen molar-refractivity contribution >= 4 is 38.4 Å². The van der Waals surface area contributed by atoms with E-state index in [0.717, 1.165) is 26.6 Å². The molecule has 0 aliphatic rings. The van der Waals surface area contributed by atoms with Crippen LogP contribution in [0.5, 0.6) is 5.75 Å². The average Bonchev–Trinajstić information content (AvgIpc) is 2.73. The van der Waals surface area contributed by atoms with Crippen molar-refractivity contribution in [2.75, 3.05) is 12.4 Å². The topological polar surface area (TPSA) is 51.2 Å². The largest absolute Gasteiger partial charge is 0.497 e. The van der Waals surface area contributed by atoms with Gasteiger partial charge < -0.3 is 10.1 Å². The third-order valence-electron chi connectivity index (χ3n) is 4.43. The minimum atomic E-state index is -0.190. The second-order valence-electron chi connectivity index (χ2n) is 6.27. The number of carbonyl (C=O) groups excluding carboxylic acids is 1. The Hall–Kier alpha value is -3.18. The van der Waals surface area contributed by atoms with Crippen molar-refractivity contribution in [2.45, 2.75) is 0 Å². The summed E-state index contributed by atoms with van der Waals surface area (Å²) in [6.45, 7) is 0. The fourth-order valence-electron chi connectivity index (χ4n) is 3.03. The SMILES string of the molecule is COc1cccc(NC(=O)c2cc(-c3ccc(Br)cc3)nc3ccccc23)c1. The predicted octanol–water partition coefficient (Wildman–Crippen LogP) is 5.93. The van der Waals surface area contributed by atoms with Crippen molar-refractivity contribution in [1.82, 2.24) is 4.98 Å². The van der Waals surface area contributed by atoms with Crippen LogP contribution in [0.15, 0.2) is 83.3 Å². The lowest BCUT2D eigenvalue weighted by Gasteiger charge is -2.11. The van der Waals surface area contributed by atoms with Crippen LogP contribution in [0.4, 0.5) is 5.69 Å². The Balaban J connectivity index is 1.78. The van der Waals surface area contributed by atoms with E-state index in [4.69, 9.17) is 9.72 Å². The van der Waals surface area contributed by atoms with Gasteiger partial charge in [-0.25, -0.2) is 4.98 Å². The van der Waals surface area contributed by atoms with Crippen LogP contribution in [0.25, 0.3) is 22.2 Å². The van der Waals surface area contributed by atoms with Gasteiger partial charge in [0, 0.05) is 27.2 Å². The number of nitrogens with zero attached hydrogens (tertiary/aromatic N) is 1. The van der Waals surface area contributed by atoms with Crippen LogP contribution in [0.2, 0.25) is 0 Å². The summed E-state index contributed by atoms with van der Waals surface area (Å²) in [5.41, 5.74) is 3.73. The number of halogens is 1.